The van der Waals surface area contributed by atoms with Gasteiger partial charge in [0, 0.05) is 11.0 Å². The second kappa shape index (κ2) is 5.14. The maximum absolute atomic E-state index is 8.51. The highest BCUT2D eigenvalue weighted by Crippen LogP contribution is 2.18. The van der Waals surface area contributed by atoms with Gasteiger partial charge in [0.15, 0.2) is 0 Å². The van der Waals surface area contributed by atoms with Crippen molar-refractivity contribution in [2.24, 2.45) is 0 Å². The minimum Gasteiger partial charge on any atom is -0.289 e. The Bertz CT molecular complexity index is 355. The first-order valence-electron chi connectivity index (χ1n) is 4.44. The standard InChI is InChI=1S/C11H13BrN2/c1-9-3-4-10(7-11(9)12)8-14(2)6-5-13/h3-4,7H,6,8H2,1-2H3. The number of aryl methyl sites for hydroxylation is 1. The van der Waals surface area contributed by atoms with Crippen LogP contribution in [0.4, 0.5) is 0 Å². The zero-order valence-electron chi connectivity index (χ0n) is 8.42. The van der Waals surface area contributed by atoms with Gasteiger partial charge in [-0.15, -0.1) is 0 Å². The SMILES string of the molecule is Cc1ccc(CN(C)CC#N)cc1Br. The number of benzene rings is 1. The molecular weight excluding hydrogens is 240 g/mol. The molecule has 0 saturated carbocycles. The molecule has 0 unspecified atom stereocenters. The Kier molecular flexibility index (Phi) is 4.12. The van der Waals surface area contributed by atoms with Gasteiger partial charge in [-0.2, -0.15) is 5.26 Å². The van der Waals surface area contributed by atoms with Crippen molar-refractivity contribution in [3.63, 3.8) is 0 Å². The summed E-state index contributed by atoms with van der Waals surface area (Å²) in [5.41, 5.74) is 2.46. The average Bonchev–Trinajstić information content (AvgIpc) is 2.12. The molecule has 0 aromatic heterocycles. The van der Waals surface area contributed by atoms with Gasteiger partial charge in [-0.3, -0.25) is 4.90 Å². The van der Waals surface area contributed by atoms with E-state index >= 15 is 0 Å². The highest BCUT2D eigenvalue weighted by Gasteiger charge is 2.01. The van der Waals surface area contributed by atoms with Crippen LogP contribution in [0.5, 0.6) is 0 Å². The molecule has 0 fully saturated rings. The molecule has 74 valence electrons. The highest BCUT2D eigenvalue weighted by atomic mass is 79.9. The number of nitriles is 1. The summed E-state index contributed by atoms with van der Waals surface area (Å²) in [7, 11) is 1.94. The molecular formula is C11H13BrN2. The van der Waals surface area contributed by atoms with Crippen molar-refractivity contribution in [1.29, 1.82) is 5.26 Å². The van der Waals surface area contributed by atoms with E-state index < -0.39 is 0 Å². The number of halogens is 1. The lowest BCUT2D eigenvalue weighted by atomic mass is 10.1. The maximum atomic E-state index is 8.51. The molecule has 1 rings (SSSR count). The minimum atomic E-state index is 0.464. The number of rotatable bonds is 3. The zero-order valence-corrected chi connectivity index (χ0v) is 10.0. The lowest BCUT2D eigenvalue weighted by Gasteiger charge is -2.12. The summed E-state index contributed by atoms with van der Waals surface area (Å²) in [5, 5.41) is 8.51. The van der Waals surface area contributed by atoms with Gasteiger partial charge in [-0.05, 0) is 31.2 Å². The zero-order chi connectivity index (χ0) is 10.6. The van der Waals surface area contributed by atoms with Gasteiger partial charge in [0.25, 0.3) is 0 Å². The Morgan fingerprint density at radius 3 is 2.79 bits per heavy atom. The van der Waals surface area contributed by atoms with Crippen molar-refractivity contribution in [3.05, 3.63) is 33.8 Å². The van der Waals surface area contributed by atoms with E-state index in [1.807, 2.05) is 11.9 Å². The fourth-order valence-corrected chi connectivity index (χ4v) is 1.65. The van der Waals surface area contributed by atoms with Crippen LogP contribution in [0.25, 0.3) is 0 Å². The first-order valence-corrected chi connectivity index (χ1v) is 5.23. The van der Waals surface area contributed by atoms with E-state index in [-0.39, 0.29) is 0 Å². The largest absolute Gasteiger partial charge is 0.289 e. The minimum absolute atomic E-state index is 0.464. The second-order valence-corrected chi connectivity index (χ2v) is 4.27. The van der Waals surface area contributed by atoms with E-state index in [1.165, 1.54) is 11.1 Å². The van der Waals surface area contributed by atoms with Gasteiger partial charge in [-0.25, -0.2) is 0 Å². The topological polar surface area (TPSA) is 27.0 Å². The van der Waals surface area contributed by atoms with Crippen molar-refractivity contribution in [1.82, 2.24) is 4.90 Å². The summed E-state index contributed by atoms with van der Waals surface area (Å²) in [4.78, 5) is 1.98. The molecule has 0 atom stereocenters. The Morgan fingerprint density at radius 1 is 1.50 bits per heavy atom. The highest BCUT2D eigenvalue weighted by molar-refractivity contribution is 9.10. The number of hydrogen-bond donors (Lipinski definition) is 0. The molecule has 1 aromatic carbocycles. The van der Waals surface area contributed by atoms with Crippen molar-refractivity contribution in [2.75, 3.05) is 13.6 Å². The second-order valence-electron chi connectivity index (χ2n) is 3.41. The summed E-state index contributed by atoms with van der Waals surface area (Å²) in [5.74, 6) is 0. The quantitative estimate of drug-likeness (QED) is 0.774. The fraction of sp³-hybridized carbons (Fsp3) is 0.364. The molecule has 1 aromatic rings. The first kappa shape index (κ1) is 11.2. The molecule has 0 aliphatic rings. The van der Waals surface area contributed by atoms with Crippen LogP contribution in [0.2, 0.25) is 0 Å². The lowest BCUT2D eigenvalue weighted by Crippen LogP contribution is -2.17. The first-order chi connectivity index (χ1) is 6.63. The molecule has 0 radical (unpaired) electrons. The van der Waals surface area contributed by atoms with Crippen LogP contribution in [0.15, 0.2) is 22.7 Å². The Morgan fingerprint density at radius 2 is 2.21 bits per heavy atom. The molecule has 0 bridgehead atoms. The van der Waals surface area contributed by atoms with E-state index in [2.05, 4.69) is 47.1 Å². The van der Waals surface area contributed by atoms with Gasteiger partial charge in [0.2, 0.25) is 0 Å². The van der Waals surface area contributed by atoms with E-state index in [9.17, 15) is 0 Å². The molecule has 0 spiro atoms. The third-order valence-electron chi connectivity index (χ3n) is 2.03. The molecule has 0 aliphatic heterocycles. The summed E-state index contributed by atoms with van der Waals surface area (Å²) < 4.78 is 1.13. The van der Waals surface area contributed by atoms with Crippen molar-refractivity contribution in [2.45, 2.75) is 13.5 Å². The van der Waals surface area contributed by atoms with Crippen LogP contribution in [-0.4, -0.2) is 18.5 Å². The average molecular weight is 253 g/mol. The molecule has 2 nitrogen and oxygen atoms in total. The molecule has 0 saturated heterocycles. The Hall–Kier alpha value is -0.850. The van der Waals surface area contributed by atoms with Crippen molar-refractivity contribution >= 4 is 15.9 Å². The van der Waals surface area contributed by atoms with Gasteiger partial charge >= 0.3 is 0 Å². The number of nitrogens with zero attached hydrogens (tertiary/aromatic N) is 2. The molecule has 0 aliphatic carbocycles. The van der Waals surface area contributed by atoms with E-state index in [4.69, 9.17) is 5.26 Å². The van der Waals surface area contributed by atoms with Crippen LogP contribution in [-0.2, 0) is 6.54 Å². The van der Waals surface area contributed by atoms with Crippen LogP contribution in [0.3, 0.4) is 0 Å². The van der Waals surface area contributed by atoms with Crippen LogP contribution in [0, 0.1) is 18.3 Å². The third-order valence-corrected chi connectivity index (χ3v) is 2.88. The normalized spacial score (nSPS) is 10.2. The smallest absolute Gasteiger partial charge is 0.0866 e. The molecule has 14 heavy (non-hydrogen) atoms. The van der Waals surface area contributed by atoms with E-state index in [1.54, 1.807) is 0 Å². The summed E-state index contributed by atoms with van der Waals surface area (Å²) in [6, 6.07) is 8.40. The van der Waals surface area contributed by atoms with Gasteiger partial charge in [-0.1, -0.05) is 28.1 Å². The Labute approximate surface area is 93.3 Å². The van der Waals surface area contributed by atoms with Crippen molar-refractivity contribution in [3.8, 4) is 6.07 Å². The Balaban J connectivity index is 2.69. The molecule has 3 heteroatoms. The summed E-state index contributed by atoms with van der Waals surface area (Å²) in [6.45, 7) is 3.34. The molecule has 0 amide bonds. The monoisotopic (exact) mass is 252 g/mol. The fourth-order valence-electron chi connectivity index (χ4n) is 1.22. The van der Waals surface area contributed by atoms with Crippen LogP contribution in [0.1, 0.15) is 11.1 Å². The van der Waals surface area contributed by atoms with E-state index in [0.29, 0.717) is 6.54 Å². The summed E-state index contributed by atoms with van der Waals surface area (Å²) in [6.07, 6.45) is 0. The van der Waals surface area contributed by atoms with Crippen LogP contribution < -0.4 is 0 Å². The summed E-state index contributed by atoms with van der Waals surface area (Å²) >= 11 is 3.49. The lowest BCUT2D eigenvalue weighted by molar-refractivity contribution is 0.367. The van der Waals surface area contributed by atoms with Gasteiger partial charge in [0.1, 0.15) is 0 Å². The van der Waals surface area contributed by atoms with Crippen molar-refractivity contribution < 1.29 is 0 Å². The van der Waals surface area contributed by atoms with Gasteiger partial charge < -0.3 is 0 Å². The molecule has 0 heterocycles. The van der Waals surface area contributed by atoms with Gasteiger partial charge in [0.05, 0.1) is 12.6 Å². The van der Waals surface area contributed by atoms with Crippen LogP contribution >= 0.6 is 15.9 Å². The third kappa shape index (κ3) is 3.13. The van der Waals surface area contributed by atoms with E-state index in [0.717, 1.165) is 11.0 Å². The maximum Gasteiger partial charge on any atom is 0.0866 e. The molecule has 0 N–H and O–H groups in total. The predicted molar refractivity (Wildman–Crippen MR) is 60.8 cm³/mol. The predicted octanol–water partition coefficient (Wildman–Crippen LogP) is 2.71. The number of hydrogen-bond acceptors (Lipinski definition) is 2.